The van der Waals surface area contributed by atoms with Crippen molar-refractivity contribution in [1.29, 1.82) is 0 Å². The fourth-order valence-corrected chi connectivity index (χ4v) is 2.74. The molecule has 1 fully saturated rings. The molecule has 1 heterocycles. The quantitative estimate of drug-likeness (QED) is 0.887. The van der Waals surface area contributed by atoms with Gasteiger partial charge in [0.1, 0.15) is 12.4 Å². The lowest BCUT2D eigenvalue weighted by atomic mass is 10.1. The Morgan fingerprint density at radius 1 is 1.08 bits per heavy atom. The van der Waals surface area contributed by atoms with Crippen molar-refractivity contribution in [3.05, 3.63) is 65.7 Å². The SMILES string of the molecule is O=C(O)[C@H]1CC(=O)N(Cc2ccc(OCc3ccccc3)cc2)C1. The second-order valence-electron chi connectivity index (χ2n) is 5.93. The lowest BCUT2D eigenvalue weighted by Gasteiger charge is -2.16. The summed E-state index contributed by atoms with van der Waals surface area (Å²) in [4.78, 5) is 24.4. The van der Waals surface area contributed by atoms with Gasteiger partial charge in [0.15, 0.2) is 0 Å². The van der Waals surface area contributed by atoms with Crippen LogP contribution in [0.25, 0.3) is 0 Å². The van der Waals surface area contributed by atoms with Crippen molar-refractivity contribution in [2.24, 2.45) is 5.92 Å². The van der Waals surface area contributed by atoms with E-state index in [1.54, 1.807) is 4.90 Å². The van der Waals surface area contributed by atoms with Crippen LogP contribution in [0.15, 0.2) is 54.6 Å². The first kappa shape index (κ1) is 16.1. The number of amides is 1. The molecule has 5 nitrogen and oxygen atoms in total. The van der Waals surface area contributed by atoms with Crippen molar-refractivity contribution < 1.29 is 19.4 Å². The first-order chi connectivity index (χ1) is 11.6. The minimum atomic E-state index is -0.907. The van der Waals surface area contributed by atoms with E-state index in [-0.39, 0.29) is 18.9 Å². The Balaban J connectivity index is 1.55. The highest BCUT2D eigenvalue weighted by Crippen LogP contribution is 2.21. The van der Waals surface area contributed by atoms with Crippen LogP contribution in [0.3, 0.4) is 0 Å². The number of carboxylic acids is 1. The molecule has 0 aromatic heterocycles. The number of aliphatic carboxylic acids is 1. The van der Waals surface area contributed by atoms with Gasteiger partial charge in [-0.15, -0.1) is 0 Å². The lowest BCUT2D eigenvalue weighted by molar-refractivity contribution is -0.141. The molecule has 124 valence electrons. The van der Waals surface area contributed by atoms with Gasteiger partial charge in [0.25, 0.3) is 0 Å². The molecule has 1 N–H and O–H groups in total. The molecule has 1 aliphatic heterocycles. The number of benzene rings is 2. The van der Waals surface area contributed by atoms with E-state index in [1.807, 2.05) is 54.6 Å². The maximum absolute atomic E-state index is 11.9. The number of hydrogen-bond acceptors (Lipinski definition) is 3. The van der Waals surface area contributed by atoms with Crippen LogP contribution in [0.2, 0.25) is 0 Å². The van der Waals surface area contributed by atoms with Crippen molar-refractivity contribution >= 4 is 11.9 Å². The Morgan fingerprint density at radius 2 is 1.79 bits per heavy atom. The topological polar surface area (TPSA) is 66.8 Å². The third kappa shape index (κ3) is 3.93. The minimum Gasteiger partial charge on any atom is -0.489 e. The first-order valence-corrected chi connectivity index (χ1v) is 7.88. The first-order valence-electron chi connectivity index (χ1n) is 7.88. The van der Waals surface area contributed by atoms with Crippen molar-refractivity contribution in [3.8, 4) is 5.75 Å². The van der Waals surface area contributed by atoms with E-state index in [9.17, 15) is 9.59 Å². The van der Waals surface area contributed by atoms with Crippen LogP contribution < -0.4 is 4.74 Å². The molecule has 24 heavy (non-hydrogen) atoms. The molecule has 1 saturated heterocycles. The molecule has 0 unspecified atom stereocenters. The zero-order chi connectivity index (χ0) is 16.9. The van der Waals surface area contributed by atoms with Crippen molar-refractivity contribution in [2.75, 3.05) is 6.54 Å². The van der Waals surface area contributed by atoms with Gasteiger partial charge in [-0.2, -0.15) is 0 Å². The number of ether oxygens (including phenoxy) is 1. The van der Waals surface area contributed by atoms with Crippen LogP contribution in [-0.2, 0) is 22.7 Å². The predicted octanol–water partition coefficient (Wildman–Crippen LogP) is 2.70. The van der Waals surface area contributed by atoms with Crippen molar-refractivity contribution in [3.63, 3.8) is 0 Å². The van der Waals surface area contributed by atoms with Crippen LogP contribution in [0.4, 0.5) is 0 Å². The number of carbonyl (C=O) groups is 2. The Morgan fingerprint density at radius 3 is 2.42 bits per heavy atom. The van der Waals surface area contributed by atoms with E-state index < -0.39 is 11.9 Å². The van der Waals surface area contributed by atoms with E-state index in [0.717, 1.165) is 16.9 Å². The van der Waals surface area contributed by atoms with Gasteiger partial charge < -0.3 is 14.7 Å². The molecular formula is C19H19NO4. The third-order valence-corrected chi connectivity index (χ3v) is 4.11. The second-order valence-corrected chi connectivity index (χ2v) is 5.93. The van der Waals surface area contributed by atoms with E-state index >= 15 is 0 Å². The summed E-state index contributed by atoms with van der Waals surface area (Å²) in [5, 5.41) is 9.01. The van der Waals surface area contributed by atoms with Gasteiger partial charge in [-0.25, -0.2) is 0 Å². The smallest absolute Gasteiger partial charge is 0.308 e. The van der Waals surface area contributed by atoms with Gasteiger partial charge in [-0.05, 0) is 23.3 Å². The van der Waals surface area contributed by atoms with Crippen LogP contribution in [0.5, 0.6) is 5.75 Å². The highest BCUT2D eigenvalue weighted by atomic mass is 16.5. The predicted molar refractivity (Wildman–Crippen MR) is 88.4 cm³/mol. The maximum Gasteiger partial charge on any atom is 0.308 e. The molecule has 0 aliphatic carbocycles. The number of carboxylic acid groups (broad SMARTS) is 1. The van der Waals surface area contributed by atoms with Gasteiger partial charge in [-0.1, -0.05) is 42.5 Å². The number of rotatable bonds is 6. The number of likely N-dealkylation sites (tertiary alicyclic amines) is 1. The largest absolute Gasteiger partial charge is 0.489 e. The molecule has 5 heteroatoms. The summed E-state index contributed by atoms with van der Waals surface area (Å²) in [6, 6.07) is 17.5. The standard InChI is InChI=1S/C19H19NO4/c21-18-10-16(19(22)23)12-20(18)11-14-6-8-17(9-7-14)24-13-15-4-2-1-3-5-15/h1-9,16H,10-13H2,(H,22,23)/t16-/m0/s1. The van der Waals surface area contributed by atoms with Crippen LogP contribution >= 0.6 is 0 Å². The fraction of sp³-hybridized carbons (Fsp3) is 0.263. The molecule has 0 saturated carbocycles. The maximum atomic E-state index is 11.9. The molecule has 0 spiro atoms. The molecule has 2 aromatic carbocycles. The van der Waals surface area contributed by atoms with Gasteiger partial charge in [0.05, 0.1) is 5.92 Å². The van der Waals surface area contributed by atoms with Crippen molar-refractivity contribution in [1.82, 2.24) is 4.90 Å². The van der Waals surface area contributed by atoms with E-state index in [2.05, 4.69) is 0 Å². The average molecular weight is 325 g/mol. The normalized spacial score (nSPS) is 17.1. The number of nitrogens with zero attached hydrogens (tertiary/aromatic N) is 1. The Kier molecular flexibility index (Phi) is 4.79. The van der Waals surface area contributed by atoms with Gasteiger partial charge in [0, 0.05) is 19.5 Å². The molecule has 1 aliphatic rings. The van der Waals surface area contributed by atoms with Crippen LogP contribution in [-0.4, -0.2) is 28.4 Å². The summed E-state index contributed by atoms with van der Waals surface area (Å²) in [7, 11) is 0. The summed E-state index contributed by atoms with van der Waals surface area (Å²) in [5.74, 6) is -0.841. The van der Waals surface area contributed by atoms with E-state index in [1.165, 1.54) is 0 Å². The Hall–Kier alpha value is -2.82. The van der Waals surface area contributed by atoms with E-state index in [4.69, 9.17) is 9.84 Å². The van der Waals surface area contributed by atoms with Crippen LogP contribution in [0.1, 0.15) is 17.5 Å². The Labute approximate surface area is 140 Å². The summed E-state index contributed by atoms with van der Waals surface area (Å²) in [6.07, 6.45) is 0.0909. The van der Waals surface area contributed by atoms with E-state index in [0.29, 0.717) is 13.2 Å². The summed E-state index contributed by atoms with van der Waals surface area (Å²) >= 11 is 0. The molecule has 1 atom stereocenters. The van der Waals surface area contributed by atoms with Gasteiger partial charge >= 0.3 is 5.97 Å². The molecule has 0 radical (unpaired) electrons. The van der Waals surface area contributed by atoms with Gasteiger partial charge in [0.2, 0.25) is 5.91 Å². The molecule has 3 rings (SSSR count). The monoisotopic (exact) mass is 325 g/mol. The summed E-state index contributed by atoms with van der Waals surface area (Å²) in [5.41, 5.74) is 2.06. The highest BCUT2D eigenvalue weighted by molar-refractivity contribution is 5.86. The minimum absolute atomic E-state index is 0.0909. The molecule has 1 amide bonds. The third-order valence-electron chi connectivity index (χ3n) is 4.11. The van der Waals surface area contributed by atoms with Crippen LogP contribution in [0, 0.1) is 5.92 Å². The summed E-state index contributed by atoms with van der Waals surface area (Å²) in [6.45, 7) is 1.22. The lowest BCUT2D eigenvalue weighted by Crippen LogP contribution is -2.25. The molecular weight excluding hydrogens is 306 g/mol. The van der Waals surface area contributed by atoms with Gasteiger partial charge in [-0.3, -0.25) is 9.59 Å². The highest BCUT2D eigenvalue weighted by Gasteiger charge is 2.33. The summed E-state index contributed by atoms with van der Waals surface area (Å²) < 4.78 is 5.73. The number of carbonyl (C=O) groups excluding carboxylic acids is 1. The fourth-order valence-electron chi connectivity index (χ4n) is 2.74. The molecule has 0 bridgehead atoms. The molecule has 2 aromatic rings. The second kappa shape index (κ2) is 7.17. The Bertz CT molecular complexity index is 712. The average Bonchev–Trinajstić information content (AvgIpc) is 2.96. The van der Waals surface area contributed by atoms with Crippen molar-refractivity contribution in [2.45, 2.75) is 19.6 Å². The zero-order valence-corrected chi connectivity index (χ0v) is 13.2. The number of hydrogen-bond donors (Lipinski definition) is 1. The zero-order valence-electron chi connectivity index (χ0n) is 13.2.